The maximum absolute atomic E-state index is 11.4. The Balaban J connectivity index is 4.15. The van der Waals surface area contributed by atoms with E-state index in [0.29, 0.717) is 12.8 Å². The highest BCUT2D eigenvalue weighted by atomic mass is 16.2. The molecule has 4 N–H and O–H groups in total. The van der Waals surface area contributed by atoms with Crippen LogP contribution in [-0.4, -0.2) is 30.8 Å². The van der Waals surface area contributed by atoms with Crippen LogP contribution in [0.5, 0.6) is 0 Å². The first kappa shape index (κ1) is 13.4. The summed E-state index contributed by atoms with van der Waals surface area (Å²) in [6, 6.07) is -0.609. The van der Waals surface area contributed by atoms with Crippen LogP contribution in [0.4, 0.5) is 0 Å². The normalized spacial score (nSPS) is 11.9. The number of amides is 3. The third kappa shape index (κ3) is 6.48. The van der Waals surface area contributed by atoms with Crippen LogP contribution in [0.3, 0.4) is 0 Å². The lowest BCUT2D eigenvalue weighted by molar-refractivity contribution is -0.127. The summed E-state index contributed by atoms with van der Waals surface area (Å²) >= 11 is 0. The van der Waals surface area contributed by atoms with E-state index in [9.17, 15) is 14.4 Å². The van der Waals surface area contributed by atoms with Gasteiger partial charge < -0.3 is 16.4 Å². The van der Waals surface area contributed by atoms with Crippen molar-refractivity contribution < 1.29 is 14.4 Å². The van der Waals surface area contributed by atoms with E-state index in [-0.39, 0.29) is 12.5 Å². The molecule has 6 nitrogen and oxygen atoms in total. The van der Waals surface area contributed by atoms with Gasteiger partial charge in [0.05, 0.1) is 6.54 Å². The van der Waals surface area contributed by atoms with Crippen molar-refractivity contribution in [3.05, 3.63) is 0 Å². The third-order valence-corrected chi connectivity index (χ3v) is 1.73. The van der Waals surface area contributed by atoms with Crippen LogP contribution < -0.4 is 16.4 Å². The molecule has 0 rings (SSSR count). The molecule has 3 amide bonds. The monoisotopic (exact) mass is 215 g/mol. The van der Waals surface area contributed by atoms with E-state index in [4.69, 9.17) is 5.73 Å². The Morgan fingerprint density at radius 3 is 2.40 bits per heavy atom. The average molecular weight is 215 g/mol. The van der Waals surface area contributed by atoms with Gasteiger partial charge >= 0.3 is 0 Å². The Morgan fingerprint density at radius 1 is 1.40 bits per heavy atom. The highest BCUT2D eigenvalue weighted by Gasteiger charge is 2.18. The lowest BCUT2D eigenvalue weighted by Crippen LogP contribution is -2.46. The topological polar surface area (TPSA) is 101 Å². The molecule has 0 aliphatic rings. The quantitative estimate of drug-likeness (QED) is 0.462. The molecule has 0 saturated carbocycles. The van der Waals surface area contributed by atoms with Gasteiger partial charge in [0.1, 0.15) is 6.04 Å². The minimum Gasteiger partial charge on any atom is -0.368 e. The van der Waals surface area contributed by atoms with Crippen LogP contribution in [-0.2, 0) is 14.4 Å². The first-order valence-corrected chi connectivity index (χ1v) is 4.73. The van der Waals surface area contributed by atoms with Gasteiger partial charge in [0.25, 0.3) is 0 Å². The number of hydrogen-bond donors (Lipinski definition) is 3. The molecule has 86 valence electrons. The smallest absolute Gasteiger partial charge is 0.243 e. The zero-order valence-corrected chi connectivity index (χ0v) is 8.95. The second-order valence-corrected chi connectivity index (χ2v) is 3.65. The van der Waals surface area contributed by atoms with Gasteiger partial charge in [-0.05, 0) is 12.3 Å². The van der Waals surface area contributed by atoms with E-state index < -0.39 is 17.9 Å². The molecular formula is C9H17N3O3. The molecule has 0 aliphatic carbocycles. The molecule has 15 heavy (non-hydrogen) atoms. The summed E-state index contributed by atoms with van der Waals surface area (Å²) in [7, 11) is 0. The Hall–Kier alpha value is -1.59. The van der Waals surface area contributed by atoms with Crippen molar-refractivity contribution in [2.45, 2.75) is 26.3 Å². The number of nitrogens with one attached hydrogen (secondary N) is 2. The summed E-state index contributed by atoms with van der Waals surface area (Å²) < 4.78 is 0. The highest BCUT2D eigenvalue weighted by Crippen LogP contribution is 2.04. The molecule has 0 aliphatic heterocycles. The Morgan fingerprint density at radius 2 is 2.00 bits per heavy atom. The van der Waals surface area contributed by atoms with Crippen LogP contribution >= 0.6 is 0 Å². The summed E-state index contributed by atoms with van der Waals surface area (Å²) in [6.45, 7) is 3.65. The number of carbonyl (C=O) groups excluding carboxylic acids is 3. The molecule has 6 heteroatoms. The van der Waals surface area contributed by atoms with Crippen molar-refractivity contribution in [1.82, 2.24) is 10.6 Å². The zero-order chi connectivity index (χ0) is 11.8. The average Bonchev–Trinajstić information content (AvgIpc) is 2.12. The number of carbonyl (C=O) groups is 3. The Labute approximate surface area is 88.6 Å². The van der Waals surface area contributed by atoms with Crippen molar-refractivity contribution in [3.8, 4) is 0 Å². The fourth-order valence-electron chi connectivity index (χ4n) is 1.10. The van der Waals surface area contributed by atoms with Gasteiger partial charge in [-0.15, -0.1) is 0 Å². The standard InChI is InChI=1S/C9H17N3O3/c1-6(2)3-7(12-5-13)9(15)11-4-8(10)14/h5-7H,3-4H2,1-2H3,(H2,10,14)(H,11,15)(H,12,13)/t7-/m0/s1. The van der Waals surface area contributed by atoms with Gasteiger partial charge in [0.2, 0.25) is 18.2 Å². The number of hydrogen-bond acceptors (Lipinski definition) is 3. The van der Waals surface area contributed by atoms with Gasteiger partial charge in [-0.1, -0.05) is 13.8 Å². The lowest BCUT2D eigenvalue weighted by atomic mass is 10.0. The molecule has 0 aromatic heterocycles. The fourth-order valence-corrected chi connectivity index (χ4v) is 1.10. The molecule has 1 atom stereocenters. The summed E-state index contributed by atoms with van der Waals surface area (Å²) in [5, 5.41) is 4.73. The first-order valence-electron chi connectivity index (χ1n) is 4.73. The van der Waals surface area contributed by atoms with Crippen molar-refractivity contribution >= 4 is 18.2 Å². The molecule has 0 aromatic rings. The van der Waals surface area contributed by atoms with Gasteiger partial charge in [0.15, 0.2) is 0 Å². The second kappa shape index (κ2) is 6.80. The largest absolute Gasteiger partial charge is 0.368 e. The van der Waals surface area contributed by atoms with Crippen LogP contribution in [0.15, 0.2) is 0 Å². The molecule has 0 heterocycles. The fraction of sp³-hybridized carbons (Fsp3) is 0.667. The van der Waals surface area contributed by atoms with E-state index in [2.05, 4.69) is 10.6 Å². The summed E-state index contributed by atoms with van der Waals surface area (Å²) in [6.07, 6.45) is 0.986. The van der Waals surface area contributed by atoms with Crippen LogP contribution in [0.1, 0.15) is 20.3 Å². The van der Waals surface area contributed by atoms with Crippen molar-refractivity contribution in [2.24, 2.45) is 11.7 Å². The van der Waals surface area contributed by atoms with Gasteiger partial charge in [-0.25, -0.2) is 0 Å². The molecular weight excluding hydrogens is 198 g/mol. The summed E-state index contributed by atoms with van der Waals surface area (Å²) in [4.78, 5) is 32.1. The van der Waals surface area contributed by atoms with Crippen LogP contribution in [0, 0.1) is 5.92 Å². The van der Waals surface area contributed by atoms with Crippen molar-refractivity contribution in [2.75, 3.05) is 6.54 Å². The van der Waals surface area contributed by atoms with E-state index in [1.165, 1.54) is 0 Å². The molecule has 0 saturated heterocycles. The van der Waals surface area contributed by atoms with E-state index >= 15 is 0 Å². The summed E-state index contributed by atoms with van der Waals surface area (Å²) in [5.74, 6) is -0.742. The molecule has 0 aromatic carbocycles. The Kier molecular flexibility index (Phi) is 6.08. The third-order valence-electron chi connectivity index (χ3n) is 1.73. The van der Waals surface area contributed by atoms with Crippen LogP contribution in [0.2, 0.25) is 0 Å². The second-order valence-electron chi connectivity index (χ2n) is 3.65. The lowest BCUT2D eigenvalue weighted by Gasteiger charge is -2.17. The predicted octanol–water partition coefficient (Wildman–Crippen LogP) is -1.25. The van der Waals surface area contributed by atoms with Crippen molar-refractivity contribution in [1.29, 1.82) is 0 Å². The Bertz CT molecular complexity index is 241. The van der Waals surface area contributed by atoms with Gasteiger partial charge in [0, 0.05) is 0 Å². The van der Waals surface area contributed by atoms with E-state index in [0.717, 1.165) is 0 Å². The number of rotatable bonds is 7. The van der Waals surface area contributed by atoms with Crippen LogP contribution in [0.25, 0.3) is 0 Å². The van der Waals surface area contributed by atoms with Crippen molar-refractivity contribution in [3.63, 3.8) is 0 Å². The predicted molar refractivity (Wildman–Crippen MR) is 54.6 cm³/mol. The minimum atomic E-state index is -0.613. The zero-order valence-electron chi connectivity index (χ0n) is 8.95. The van der Waals surface area contributed by atoms with E-state index in [1.54, 1.807) is 0 Å². The molecule has 0 spiro atoms. The molecule has 0 radical (unpaired) electrons. The highest BCUT2D eigenvalue weighted by molar-refractivity contribution is 5.87. The SMILES string of the molecule is CC(C)C[C@H](NC=O)C(=O)NCC(N)=O. The number of primary amides is 1. The first-order chi connectivity index (χ1) is 6.97. The molecule has 0 unspecified atom stereocenters. The minimum absolute atomic E-state index is 0.214. The van der Waals surface area contributed by atoms with Gasteiger partial charge in [-0.2, -0.15) is 0 Å². The maximum atomic E-state index is 11.4. The maximum Gasteiger partial charge on any atom is 0.243 e. The molecule has 0 fully saturated rings. The number of nitrogens with two attached hydrogens (primary N) is 1. The molecule has 0 bridgehead atoms. The van der Waals surface area contributed by atoms with Gasteiger partial charge in [-0.3, -0.25) is 14.4 Å². The van der Waals surface area contributed by atoms with E-state index in [1.807, 2.05) is 13.8 Å². The summed E-state index contributed by atoms with van der Waals surface area (Å²) in [5.41, 5.74) is 4.87.